The molecule has 0 radical (unpaired) electrons. The van der Waals surface area contributed by atoms with Crippen LogP contribution in [0.15, 0.2) is 22.6 Å². The van der Waals surface area contributed by atoms with Crippen molar-refractivity contribution in [3.63, 3.8) is 0 Å². The van der Waals surface area contributed by atoms with Gasteiger partial charge in [-0.3, -0.25) is 10.1 Å². The Morgan fingerprint density at radius 1 is 1.56 bits per heavy atom. The number of nitro benzene ring substituents is 1. The quantitative estimate of drug-likeness (QED) is 0.387. The van der Waals surface area contributed by atoms with E-state index in [1.165, 1.54) is 18.2 Å². The molecule has 0 atom stereocenters. The number of nitrogens with zero attached hydrogens (tertiary/aromatic N) is 2. The van der Waals surface area contributed by atoms with Crippen LogP contribution in [0.4, 0.5) is 11.7 Å². The van der Waals surface area contributed by atoms with Gasteiger partial charge in [0.1, 0.15) is 5.52 Å². The van der Waals surface area contributed by atoms with E-state index < -0.39 is 4.92 Å². The van der Waals surface area contributed by atoms with E-state index in [9.17, 15) is 10.1 Å². The van der Waals surface area contributed by atoms with Crippen molar-refractivity contribution >= 4 is 22.8 Å². The van der Waals surface area contributed by atoms with E-state index in [-0.39, 0.29) is 5.69 Å². The van der Waals surface area contributed by atoms with Gasteiger partial charge in [0.15, 0.2) is 5.58 Å². The average molecular weight is 245 g/mol. The normalized spacial score (nSPS) is 9.83. The third-order valence-corrected chi connectivity index (χ3v) is 2.28. The van der Waals surface area contributed by atoms with Gasteiger partial charge in [-0.2, -0.15) is 4.98 Å². The lowest BCUT2D eigenvalue weighted by molar-refractivity contribution is -0.384. The van der Waals surface area contributed by atoms with E-state index >= 15 is 0 Å². The molecule has 0 amide bonds. The van der Waals surface area contributed by atoms with Crippen molar-refractivity contribution in [2.45, 2.75) is 13.3 Å². The molecule has 0 aliphatic rings. The number of anilines is 1. The Morgan fingerprint density at radius 3 is 3.11 bits per heavy atom. The maximum atomic E-state index is 10.6. The largest absolute Gasteiger partial charge is 0.424 e. The molecular formula is C12H11N3O3. The monoisotopic (exact) mass is 245 g/mol. The summed E-state index contributed by atoms with van der Waals surface area (Å²) in [6.45, 7) is 2.40. The summed E-state index contributed by atoms with van der Waals surface area (Å²) in [5.74, 6) is 5.69. The first-order valence-electron chi connectivity index (χ1n) is 5.39. The van der Waals surface area contributed by atoms with E-state index in [1.54, 1.807) is 6.92 Å². The molecule has 6 nitrogen and oxygen atoms in total. The molecular weight excluding hydrogens is 234 g/mol. The molecule has 1 heterocycles. The van der Waals surface area contributed by atoms with Crippen LogP contribution in [0, 0.1) is 22.0 Å². The summed E-state index contributed by atoms with van der Waals surface area (Å²) in [5, 5.41) is 13.6. The summed E-state index contributed by atoms with van der Waals surface area (Å²) in [4.78, 5) is 14.3. The lowest BCUT2D eigenvalue weighted by atomic mass is 10.3. The number of hydrogen-bond donors (Lipinski definition) is 1. The molecule has 6 heteroatoms. The standard InChI is InChI=1S/C12H11N3O3/c1-2-3-4-7-13-12-14-10-8-9(15(16)17)5-6-11(10)18-12/h5-6,8H,4,7H2,1H3,(H,13,14). The van der Waals surface area contributed by atoms with Gasteiger partial charge in [0, 0.05) is 25.1 Å². The maximum Gasteiger partial charge on any atom is 0.295 e. The number of rotatable bonds is 4. The van der Waals surface area contributed by atoms with Crippen molar-refractivity contribution in [3.05, 3.63) is 28.3 Å². The summed E-state index contributed by atoms with van der Waals surface area (Å²) in [6.07, 6.45) is 0.690. The number of benzene rings is 1. The smallest absolute Gasteiger partial charge is 0.295 e. The zero-order valence-electron chi connectivity index (χ0n) is 9.77. The highest BCUT2D eigenvalue weighted by molar-refractivity contribution is 5.77. The van der Waals surface area contributed by atoms with Crippen molar-refractivity contribution in [2.75, 3.05) is 11.9 Å². The van der Waals surface area contributed by atoms with Crippen LogP contribution in [-0.2, 0) is 0 Å². The molecule has 1 N–H and O–H groups in total. The molecule has 2 aromatic rings. The Morgan fingerprint density at radius 2 is 2.39 bits per heavy atom. The molecule has 92 valence electrons. The first kappa shape index (κ1) is 11.9. The topological polar surface area (TPSA) is 81.2 Å². The number of non-ortho nitro benzene ring substituents is 1. The zero-order valence-corrected chi connectivity index (χ0v) is 9.77. The van der Waals surface area contributed by atoms with Gasteiger partial charge in [-0.15, -0.1) is 11.8 Å². The van der Waals surface area contributed by atoms with Crippen LogP contribution in [0.2, 0.25) is 0 Å². The lowest BCUT2D eigenvalue weighted by Gasteiger charge is -1.94. The van der Waals surface area contributed by atoms with Crippen molar-refractivity contribution in [1.29, 1.82) is 0 Å². The minimum absolute atomic E-state index is 0.000741. The van der Waals surface area contributed by atoms with E-state index in [0.717, 1.165) is 0 Å². The molecule has 0 saturated carbocycles. The molecule has 0 unspecified atom stereocenters. The van der Waals surface area contributed by atoms with Gasteiger partial charge < -0.3 is 9.73 Å². The molecule has 0 fully saturated rings. The first-order chi connectivity index (χ1) is 8.70. The van der Waals surface area contributed by atoms with E-state index in [1.807, 2.05) is 0 Å². The van der Waals surface area contributed by atoms with Gasteiger partial charge in [-0.05, 0) is 13.0 Å². The Hall–Kier alpha value is -2.55. The first-order valence-corrected chi connectivity index (χ1v) is 5.39. The van der Waals surface area contributed by atoms with Crippen LogP contribution >= 0.6 is 0 Å². The molecule has 1 aromatic carbocycles. The molecule has 0 aliphatic heterocycles. The van der Waals surface area contributed by atoms with E-state index in [0.29, 0.717) is 30.1 Å². The molecule has 0 aliphatic carbocycles. The fourth-order valence-corrected chi connectivity index (χ4v) is 1.46. The third kappa shape index (κ3) is 2.58. The van der Waals surface area contributed by atoms with Crippen LogP contribution in [0.5, 0.6) is 0 Å². The fraction of sp³-hybridized carbons (Fsp3) is 0.250. The van der Waals surface area contributed by atoms with Crippen LogP contribution in [0.3, 0.4) is 0 Å². The summed E-state index contributed by atoms with van der Waals surface area (Å²) >= 11 is 0. The minimum atomic E-state index is -0.460. The third-order valence-electron chi connectivity index (χ3n) is 2.28. The van der Waals surface area contributed by atoms with Crippen LogP contribution in [-0.4, -0.2) is 16.5 Å². The zero-order chi connectivity index (χ0) is 13.0. The second-order valence-corrected chi connectivity index (χ2v) is 3.53. The number of oxazole rings is 1. The van der Waals surface area contributed by atoms with Gasteiger partial charge >= 0.3 is 0 Å². The molecule has 0 spiro atoms. The van der Waals surface area contributed by atoms with Crippen LogP contribution in [0.25, 0.3) is 11.1 Å². The Bertz CT molecular complexity index is 637. The molecule has 1 aromatic heterocycles. The van der Waals surface area contributed by atoms with Gasteiger partial charge in [-0.1, -0.05) is 0 Å². The lowest BCUT2D eigenvalue weighted by Crippen LogP contribution is -1.99. The van der Waals surface area contributed by atoms with Crippen molar-refractivity contribution in [1.82, 2.24) is 4.98 Å². The summed E-state index contributed by atoms with van der Waals surface area (Å²) in [6, 6.07) is 4.66. The number of aromatic nitrogens is 1. The van der Waals surface area contributed by atoms with E-state index in [4.69, 9.17) is 4.42 Å². The van der Waals surface area contributed by atoms with Crippen molar-refractivity contribution in [3.8, 4) is 11.8 Å². The second-order valence-electron chi connectivity index (χ2n) is 3.53. The highest BCUT2D eigenvalue weighted by atomic mass is 16.6. The summed E-state index contributed by atoms with van der Waals surface area (Å²) in [5.41, 5.74) is 0.983. The SMILES string of the molecule is CC#CCCNc1nc2cc([N+](=O)[O-])ccc2o1. The predicted molar refractivity (Wildman–Crippen MR) is 67.2 cm³/mol. The highest BCUT2D eigenvalue weighted by Gasteiger charge is 2.10. The molecule has 0 saturated heterocycles. The van der Waals surface area contributed by atoms with Crippen LogP contribution in [0.1, 0.15) is 13.3 Å². The number of nitro groups is 1. The van der Waals surface area contributed by atoms with Gasteiger partial charge in [0.05, 0.1) is 4.92 Å². The molecule has 0 bridgehead atoms. The van der Waals surface area contributed by atoms with Crippen LogP contribution < -0.4 is 5.32 Å². The summed E-state index contributed by atoms with van der Waals surface area (Å²) < 4.78 is 5.39. The van der Waals surface area contributed by atoms with E-state index in [2.05, 4.69) is 22.1 Å². The molecule has 18 heavy (non-hydrogen) atoms. The average Bonchev–Trinajstić information content (AvgIpc) is 2.76. The second kappa shape index (κ2) is 5.19. The number of fused-ring (bicyclic) bond motifs is 1. The number of nitrogens with one attached hydrogen (secondary N) is 1. The Kier molecular flexibility index (Phi) is 3.44. The fourth-order valence-electron chi connectivity index (χ4n) is 1.46. The van der Waals surface area contributed by atoms with Crippen molar-refractivity contribution in [2.24, 2.45) is 0 Å². The van der Waals surface area contributed by atoms with Gasteiger partial charge in [-0.25, -0.2) is 0 Å². The minimum Gasteiger partial charge on any atom is -0.424 e. The van der Waals surface area contributed by atoms with Gasteiger partial charge in [0.2, 0.25) is 0 Å². The Balaban J connectivity index is 2.16. The number of hydrogen-bond acceptors (Lipinski definition) is 5. The summed E-state index contributed by atoms with van der Waals surface area (Å²) in [7, 11) is 0. The van der Waals surface area contributed by atoms with Crippen molar-refractivity contribution < 1.29 is 9.34 Å². The molecule has 2 rings (SSSR count). The van der Waals surface area contributed by atoms with Gasteiger partial charge in [0.25, 0.3) is 11.7 Å². The maximum absolute atomic E-state index is 10.6. The highest BCUT2D eigenvalue weighted by Crippen LogP contribution is 2.23. The predicted octanol–water partition coefficient (Wildman–Crippen LogP) is 2.56. The Labute approximate surface area is 103 Å².